The van der Waals surface area contributed by atoms with Crippen LogP contribution < -0.4 is 5.73 Å². The maximum atomic E-state index is 10.1. The van der Waals surface area contributed by atoms with Crippen molar-refractivity contribution in [1.29, 1.82) is 0 Å². The predicted octanol–water partition coefficient (Wildman–Crippen LogP) is 2.07. The molecule has 1 atom stereocenters. The van der Waals surface area contributed by atoms with Crippen LogP contribution in [-0.4, -0.2) is 16.8 Å². The second-order valence-corrected chi connectivity index (χ2v) is 4.34. The largest absolute Gasteiger partial charge is 0.507 e. The number of aliphatic hydroxyl groups is 1. The molecule has 0 aliphatic carbocycles. The van der Waals surface area contributed by atoms with Crippen molar-refractivity contribution in [1.82, 2.24) is 0 Å². The Balaban J connectivity index is 3.36. The Morgan fingerprint density at radius 2 is 1.94 bits per heavy atom. The third-order valence-electron chi connectivity index (χ3n) is 2.89. The molecule has 1 aromatic carbocycles. The Kier molecular flexibility index (Phi) is 4.33. The third kappa shape index (κ3) is 2.36. The molecule has 0 saturated heterocycles. The lowest BCUT2D eigenvalue weighted by molar-refractivity contribution is 0.181. The Hall–Kier alpha value is -1.06. The van der Waals surface area contributed by atoms with Gasteiger partial charge in [0.15, 0.2) is 0 Å². The highest BCUT2D eigenvalue weighted by Crippen LogP contribution is 2.35. The van der Waals surface area contributed by atoms with Crippen molar-refractivity contribution in [2.24, 2.45) is 5.73 Å². The summed E-state index contributed by atoms with van der Waals surface area (Å²) in [6, 6.07) is 3.88. The smallest absolute Gasteiger partial charge is 0.124 e. The Morgan fingerprint density at radius 1 is 1.31 bits per heavy atom. The minimum Gasteiger partial charge on any atom is -0.507 e. The van der Waals surface area contributed by atoms with Gasteiger partial charge in [-0.1, -0.05) is 32.9 Å². The van der Waals surface area contributed by atoms with Crippen LogP contribution in [-0.2, 0) is 6.42 Å². The van der Waals surface area contributed by atoms with Crippen LogP contribution in [0.3, 0.4) is 0 Å². The summed E-state index contributed by atoms with van der Waals surface area (Å²) in [6.45, 7) is 6.17. The van der Waals surface area contributed by atoms with E-state index in [1.807, 2.05) is 32.9 Å². The number of hydrogen-bond acceptors (Lipinski definition) is 3. The first-order chi connectivity index (χ1) is 7.52. The van der Waals surface area contributed by atoms with Crippen LogP contribution >= 0.6 is 0 Å². The van der Waals surface area contributed by atoms with Crippen LogP contribution in [0.25, 0.3) is 0 Å². The maximum Gasteiger partial charge on any atom is 0.124 e. The first-order valence-corrected chi connectivity index (χ1v) is 5.75. The van der Waals surface area contributed by atoms with Crippen molar-refractivity contribution in [2.75, 3.05) is 6.54 Å². The fourth-order valence-corrected chi connectivity index (χ4v) is 1.93. The Morgan fingerprint density at radius 3 is 2.38 bits per heavy atom. The fraction of sp³-hybridized carbons (Fsp3) is 0.538. The lowest BCUT2D eigenvalue weighted by Crippen LogP contribution is -2.14. The van der Waals surface area contributed by atoms with E-state index in [9.17, 15) is 10.2 Å². The number of aryl methyl sites for hydroxylation is 1. The zero-order valence-electron chi connectivity index (χ0n) is 10.2. The summed E-state index contributed by atoms with van der Waals surface area (Å²) in [5, 5.41) is 20.0. The van der Waals surface area contributed by atoms with Gasteiger partial charge in [0.25, 0.3) is 0 Å². The summed E-state index contributed by atoms with van der Waals surface area (Å²) >= 11 is 0. The number of hydrogen-bond donors (Lipinski definition) is 3. The van der Waals surface area contributed by atoms with E-state index in [1.54, 1.807) is 0 Å². The third-order valence-corrected chi connectivity index (χ3v) is 2.89. The summed E-state index contributed by atoms with van der Waals surface area (Å²) in [5.74, 6) is 0.458. The van der Waals surface area contributed by atoms with E-state index in [4.69, 9.17) is 5.73 Å². The number of rotatable bonds is 4. The normalized spacial score (nSPS) is 13.1. The number of aromatic hydroxyl groups is 1. The van der Waals surface area contributed by atoms with Gasteiger partial charge in [0, 0.05) is 12.1 Å². The molecule has 1 aromatic rings. The molecule has 90 valence electrons. The number of benzene rings is 1. The van der Waals surface area contributed by atoms with Crippen molar-refractivity contribution in [2.45, 2.75) is 39.2 Å². The quantitative estimate of drug-likeness (QED) is 0.732. The van der Waals surface area contributed by atoms with Gasteiger partial charge in [-0.05, 0) is 23.5 Å². The van der Waals surface area contributed by atoms with Gasteiger partial charge < -0.3 is 15.9 Å². The van der Waals surface area contributed by atoms with Gasteiger partial charge in [-0.15, -0.1) is 0 Å². The van der Waals surface area contributed by atoms with Gasteiger partial charge >= 0.3 is 0 Å². The highest BCUT2D eigenvalue weighted by Gasteiger charge is 2.19. The lowest BCUT2D eigenvalue weighted by atomic mass is 9.90. The second kappa shape index (κ2) is 5.32. The van der Waals surface area contributed by atoms with E-state index in [-0.39, 0.29) is 18.2 Å². The molecule has 0 aliphatic heterocycles. The topological polar surface area (TPSA) is 66.5 Å². The highest BCUT2D eigenvalue weighted by atomic mass is 16.3. The van der Waals surface area contributed by atoms with Crippen molar-refractivity contribution < 1.29 is 10.2 Å². The number of phenols is 1. The van der Waals surface area contributed by atoms with E-state index in [1.165, 1.54) is 0 Å². The molecule has 1 unspecified atom stereocenters. The SMILES string of the molecule is CCc1ccc(C(C)C)c(C(O)CN)c1O. The van der Waals surface area contributed by atoms with Crippen LogP contribution in [0.2, 0.25) is 0 Å². The van der Waals surface area contributed by atoms with Gasteiger partial charge in [0.2, 0.25) is 0 Å². The molecule has 1 rings (SSSR count). The van der Waals surface area contributed by atoms with Gasteiger partial charge in [-0.25, -0.2) is 0 Å². The van der Waals surface area contributed by atoms with Crippen molar-refractivity contribution in [3.63, 3.8) is 0 Å². The summed E-state index contributed by atoms with van der Waals surface area (Å²) in [7, 11) is 0. The van der Waals surface area contributed by atoms with E-state index in [2.05, 4.69) is 0 Å². The van der Waals surface area contributed by atoms with E-state index in [0.717, 1.165) is 17.5 Å². The van der Waals surface area contributed by atoms with Gasteiger partial charge in [-0.3, -0.25) is 0 Å². The highest BCUT2D eigenvalue weighted by molar-refractivity contribution is 5.48. The molecular weight excluding hydrogens is 202 g/mol. The fourth-order valence-electron chi connectivity index (χ4n) is 1.93. The zero-order chi connectivity index (χ0) is 12.3. The van der Waals surface area contributed by atoms with Gasteiger partial charge in [0.05, 0.1) is 6.10 Å². The van der Waals surface area contributed by atoms with Crippen LogP contribution in [0.15, 0.2) is 12.1 Å². The number of phenolic OH excluding ortho intramolecular Hbond substituents is 1. The molecule has 0 aromatic heterocycles. The minimum atomic E-state index is -0.788. The van der Waals surface area contributed by atoms with Crippen LogP contribution in [0.5, 0.6) is 5.75 Å². The lowest BCUT2D eigenvalue weighted by Gasteiger charge is -2.20. The predicted molar refractivity (Wildman–Crippen MR) is 65.6 cm³/mol. The molecule has 3 nitrogen and oxygen atoms in total. The van der Waals surface area contributed by atoms with E-state index >= 15 is 0 Å². The molecule has 3 heteroatoms. The first-order valence-electron chi connectivity index (χ1n) is 5.75. The number of nitrogens with two attached hydrogens (primary N) is 1. The molecule has 0 heterocycles. The van der Waals surface area contributed by atoms with Gasteiger partial charge in [-0.2, -0.15) is 0 Å². The molecule has 0 aliphatic rings. The molecule has 16 heavy (non-hydrogen) atoms. The monoisotopic (exact) mass is 223 g/mol. The van der Waals surface area contributed by atoms with Crippen molar-refractivity contribution >= 4 is 0 Å². The molecule has 0 saturated carbocycles. The maximum absolute atomic E-state index is 10.1. The Labute approximate surface area is 96.9 Å². The van der Waals surface area contributed by atoms with Crippen molar-refractivity contribution in [3.05, 3.63) is 28.8 Å². The second-order valence-electron chi connectivity index (χ2n) is 4.34. The van der Waals surface area contributed by atoms with E-state index < -0.39 is 6.10 Å². The minimum absolute atomic E-state index is 0.125. The van der Waals surface area contributed by atoms with Gasteiger partial charge in [0.1, 0.15) is 5.75 Å². The van der Waals surface area contributed by atoms with Crippen molar-refractivity contribution in [3.8, 4) is 5.75 Å². The number of aliphatic hydroxyl groups excluding tert-OH is 1. The van der Waals surface area contributed by atoms with E-state index in [0.29, 0.717) is 5.56 Å². The molecule has 0 amide bonds. The standard InChI is InChI=1S/C13H21NO2/c1-4-9-5-6-10(8(2)3)12(13(9)16)11(15)7-14/h5-6,8,11,15-16H,4,7,14H2,1-3H3. The van der Waals surface area contributed by atoms with Crippen LogP contribution in [0.4, 0.5) is 0 Å². The molecule has 0 fully saturated rings. The summed E-state index contributed by atoms with van der Waals surface area (Å²) in [4.78, 5) is 0. The Bertz CT molecular complexity index is 361. The summed E-state index contributed by atoms with van der Waals surface area (Å²) < 4.78 is 0. The zero-order valence-corrected chi connectivity index (χ0v) is 10.2. The first kappa shape index (κ1) is 13.0. The average Bonchev–Trinajstić information content (AvgIpc) is 2.27. The summed E-state index contributed by atoms with van der Waals surface area (Å²) in [5.41, 5.74) is 7.89. The average molecular weight is 223 g/mol. The molecule has 0 bridgehead atoms. The molecular formula is C13H21NO2. The molecule has 0 radical (unpaired) electrons. The molecule has 0 spiro atoms. The van der Waals surface area contributed by atoms with Crippen LogP contribution in [0.1, 0.15) is 49.5 Å². The summed E-state index contributed by atoms with van der Waals surface area (Å²) in [6.07, 6.45) is -0.0435. The molecule has 4 N–H and O–H groups in total. The van der Waals surface area contributed by atoms with Crippen LogP contribution in [0, 0.1) is 0 Å².